The van der Waals surface area contributed by atoms with Crippen molar-refractivity contribution in [3.63, 3.8) is 0 Å². The second-order valence-corrected chi connectivity index (χ2v) is 30.7. The molecule has 8 aromatic heterocycles. The molecule has 0 N–H and O–H groups in total. The Morgan fingerprint density at radius 2 is 0.508 bits per heavy atom. The van der Waals surface area contributed by atoms with Gasteiger partial charge in [0.05, 0.1) is 37.2 Å². The Morgan fingerprint density at radius 1 is 0.186 bits per heavy atom. The molecule has 0 aliphatic carbocycles. The highest BCUT2D eigenvalue weighted by molar-refractivity contribution is 7.26. The van der Waals surface area contributed by atoms with E-state index in [4.69, 9.17) is 59.8 Å². The first-order chi connectivity index (χ1) is 58.4. The quantitative estimate of drug-likeness (QED) is 0.102. The number of hydrogen-bond acceptors (Lipinski definition) is 14. The second-order valence-electron chi connectivity index (χ2n) is 28.7. The summed E-state index contributed by atoms with van der Waals surface area (Å²) in [7, 11) is 0. The van der Waals surface area contributed by atoms with E-state index in [2.05, 4.69) is 267 Å². The summed E-state index contributed by atoms with van der Waals surface area (Å²) in [5, 5.41) is 2.17. The molecule has 0 radical (unpaired) electrons. The molecule has 0 fully saturated rings. The van der Waals surface area contributed by atoms with Gasteiger partial charge in [0.1, 0.15) is 27.0 Å². The Bertz CT molecular complexity index is 7040. The molecule has 0 atom stereocenters. The minimum Gasteiger partial charge on any atom is -0.253 e. The monoisotopic (exact) mass is 1540 g/mol. The topological polar surface area (TPSA) is 155 Å². The van der Waals surface area contributed by atoms with Crippen molar-refractivity contribution in [3.05, 3.63) is 389 Å². The van der Waals surface area contributed by atoms with E-state index in [-0.39, 0.29) is 0 Å². The zero-order chi connectivity index (χ0) is 78.2. The van der Waals surface area contributed by atoms with Crippen LogP contribution in [0.3, 0.4) is 0 Å². The minimum absolute atomic E-state index is 0.629. The van der Waals surface area contributed by atoms with Crippen LogP contribution in [0.4, 0.5) is 0 Å². The molecule has 0 bridgehead atoms. The molecule has 0 saturated carbocycles. The van der Waals surface area contributed by atoms with Crippen molar-refractivity contribution in [1.82, 2.24) is 59.8 Å². The van der Waals surface area contributed by atoms with Gasteiger partial charge in [-0.1, -0.05) is 334 Å². The van der Waals surface area contributed by atoms with Crippen LogP contribution in [-0.4, -0.2) is 59.8 Å². The first kappa shape index (κ1) is 70.4. The van der Waals surface area contributed by atoms with Gasteiger partial charge in [-0.3, -0.25) is 4.98 Å². The van der Waals surface area contributed by atoms with Gasteiger partial charge < -0.3 is 0 Å². The van der Waals surface area contributed by atoms with E-state index in [1.807, 2.05) is 115 Å². The molecule has 0 spiro atoms. The molecule has 0 aliphatic rings. The Balaban J connectivity index is 0.000000147. The molecule has 0 unspecified atom stereocenters. The van der Waals surface area contributed by atoms with Crippen molar-refractivity contribution in [3.8, 4) is 157 Å². The lowest BCUT2D eigenvalue weighted by molar-refractivity contribution is 1.07. The highest BCUT2D eigenvalue weighted by Gasteiger charge is 2.21. The molecule has 8 heterocycles. The number of benzene rings is 14. The van der Waals surface area contributed by atoms with Crippen LogP contribution in [-0.2, 0) is 0 Å². The summed E-state index contributed by atoms with van der Waals surface area (Å²) in [6.07, 6.45) is 3.54. The Morgan fingerprint density at radius 3 is 0.958 bits per heavy atom. The summed E-state index contributed by atoms with van der Waals surface area (Å²) in [6, 6.07) is 130. The van der Waals surface area contributed by atoms with Crippen molar-refractivity contribution in [2.24, 2.45) is 0 Å². The molecule has 0 saturated heterocycles. The van der Waals surface area contributed by atoms with Crippen LogP contribution in [0, 0.1) is 0 Å². The summed E-state index contributed by atoms with van der Waals surface area (Å²) < 4.78 is 2.14. The van der Waals surface area contributed by atoms with Gasteiger partial charge in [-0.15, -0.1) is 22.7 Å². The van der Waals surface area contributed by atoms with Gasteiger partial charge in [-0.2, -0.15) is 0 Å². The highest BCUT2D eigenvalue weighted by atomic mass is 32.1. The smallest absolute Gasteiger partial charge is 0.164 e. The number of rotatable bonds is 14. The zero-order valence-corrected chi connectivity index (χ0v) is 64.8. The molecule has 12 nitrogen and oxygen atoms in total. The number of fused-ring (bicyclic) bond motifs is 8. The Kier molecular flexibility index (Phi) is 18.4. The van der Waals surface area contributed by atoms with E-state index in [9.17, 15) is 0 Å². The van der Waals surface area contributed by atoms with Crippen LogP contribution >= 0.6 is 22.7 Å². The Hall–Kier alpha value is -15.5. The van der Waals surface area contributed by atoms with Crippen molar-refractivity contribution in [2.75, 3.05) is 0 Å². The third kappa shape index (κ3) is 14.0. The van der Waals surface area contributed by atoms with Gasteiger partial charge in [0.25, 0.3) is 0 Å². The molecule has 14 heteroatoms. The normalized spacial score (nSPS) is 11.4. The van der Waals surface area contributed by atoms with Crippen molar-refractivity contribution < 1.29 is 0 Å². The maximum absolute atomic E-state index is 4.99. The summed E-state index contributed by atoms with van der Waals surface area (Å²) in [4.78, 5) is 60.6. The first-order valence-electron chi connectivity index (χ1n) is 38.9. The fraction of sp³-hybridized carbons (Fsp3) is 0. The van der Waals surface area contributed by atoms with Gasteiger partial charge in [0.2, 0.25) is 0 Å². The van der Waals surface area contributed by atoms with Crippen molar-refractivity contribution >= 4 is 85.6 Å². The third-order valence-electron chi connectivity index (χ3n) is 21.3. The molecule has 0 amide bonds. The average Bonchev–Trinajstić information content (AvgIpc) is 1.62. The van der Waals surface area contributed by atoms with Crippen LogP contribution in [0.5, 0.6) is 0 Å². The number of para-hydroxylation sites is 3. The number of nitrogens with zero attached hydrogens (tertiary/aromatic N) is 12. The molecule has 14 aromatic carbocycles. The molecular weight excluding hydrogens is 1480 g/mol. The maximum Gasteiger partial charge on any atom is 0.164 e. The van der Waals surface area contributed by atoms with E-state index in [0.29, 0.717) is 34.9 Å². The van der Waals surface area contributed by atoms with E-state index in [1.165, 1.54) is 11.1 Å². The largest absolute Gasteiger partial charge is 0.253 e. The Labute approximate surface area is 686 Å². The lowest BCUT2D eigenvalue weighted by Gasteiger charge is -2.10. The maximum atomic E-state index is 4.99. The van der Waals surface area contributed by atoms with E-state index in [1.54, 1.807) is 29.0 Å². The summed E-state index contributed by atoms with van der Waals surface area (Å²) in [5.41, 5.74) is 28.9. The minimum atomic E-state index is 0.629. The number of hydrogen-bond donors (Lipinski definition) is 0. The second kappa shape index (κ2) is 30.8. The van der Waals surface area contributed by atoms with Crippen LogP contribution in [0.1, 0.15) is 0 Å². The van der Waals surface area contributed by atoms with E-state index >= 15 is 0 Å². The molecule has 552 valence electrons. The van der Waals surface area contributed by atoms with E-state index in [0.717, 1.165) is 174 Å². The van der Waals surface area contributed by atoms with Gasteiger partial charge >= 0.3 is 0 Å². The van der Waals surface area contributed by atoms with Crippen LogP contribution in [0.15, 0.2) is 389 Å². The average molecular weight is 1550 g/mol. The van der Waals surface area contributed by atoms with Crippen LogP contribution in [0.25, 0.3) is 220 Å². The molecule has 22 aromatic rings. The van der Waals surface area contributed by atoms with Crippen LogP contribution in [0.2, 0.25) is 0 Å². The predicted octanol–water partition coefficient (Wildman–Crippen LogP) is 26.5. The van der Waals surface area contributed by atoms with E-state index < -0.39 is 0 Å². The standard InChI is InChI=1S/2C52H32N6S/c1-3-10-33(11-4-1)34-22-26-39(27-23-34)50-56-49(38-12-5-2-6-13-38)57-51(58-50)40-28-24-36(25-29-40)35-18-20-37(21-19-35)41-14-9-15-42(32-41)43-30-31-53-46-47-52(59-48(43)46)55-45-17-8-7-16-44(45)54-47;1-3-10-33(11-4-1)34-22-26-39(27-23-34)50-56-49(38-12-5-2-6-13-38)57-51(58-50)40-28-24-36(25-29-40)35-18-20-37(21-19-35)41-15-9-16-43(30-41)46-48-47(54-32-53-46)44-31-42-14-7-8-17-45(42)55-52(44)59-48/h2*1-32H. The number of thiophene rings is 2. The highest BCUT2D eigenvalue weighted by Crippen LogP contribution is 2.43. The molecule has 118 heavy (non-hydrogen) atoms. The lowest BCUT2D eigenvalue weighted by Crippen LogP contribution is -2.00. The molecular formula is C104H64N12S2. The predicted molar refractivity (Wildman–Crippen MR) is 483 cm³/mol. The zero-order valence-electron chi connectivity index (χ0n) is 63.1. The fourth-order valence-electron chi connectivity index (χ4n) is 15.2. The third-order valence-corrected chi connectivity index (χ3v) is 23.5. The van der Waals surface area contributed by atoms with Gasteiger partial charge in [0, 0.05) is 61.5 Å². The van der Waals surface area contributed by atoms with Crippen molar-refractivity contribution in [1.29, 1.82) is 0 Å². The SMILES string of the molecule is c1ccc(-c2ccc(-c3nc(-c4ccccc4)nc(-c4ccc(-c5ccc(-c6cccc(-c7ccnc8c7sc7nc9ccccc9nc78)c6)cc5)cc4)n3)cc2)cc1.c1ccc(-c2ccc(-c3nc(-c4ccccc4)nc(-c4ccc(-c5ccc(-c6cccc(-c7ncnc8c7sc7nc9ccccc9cc78)c6)cc5)cc4)n3)cc2)cc1. The van der Waals surface area contributed by atoms with Crippen LogP contribution < -0.4 is 0 Å². The number of aromatic nitrogens is 12. The number of pyridine rings is 2. The molecule has 22 rings (SSSR count). The molecule has 0 aliphatic heterocycles. The summed E-state index contributed by atoms with van der Waals surface area (Å²) in [6.45, 7) is 0. The first-order valence-corrected chi connectivity index (χ1v) is 40.5. The van der Waals surface area contributed by atoms with Crippen molar-refractivity contribution in [2.45, 2.75) is 0 Å². The fourth-order valence-corrected chi connectivity index (χ4v) is 17.4. The van der Waals surface area contributed by atoms with Gasteiger partial charge in [-0.05, 0) is 115 Å². The summed E-state index contributed by atoms with van der Waals surface area (Å²) >= 11 is 3.30. The van der Waals surface area contributed by atoms with Gasteiger partial charge in [-0.25, -0.2) is 54.8 Å². The van der Waals surface area contributed by atoms with Gasteiger partial charge in [0.15, 0.2) is 34.9 Å². The lowest BCUT2D eigenvalue weighted by atomic mass is 9.97. The summed E-state index contributed by atoms with van der Waals surface area (Å²) in [5.74, 6) is 3.81.